The van der Waals surface area contributed by atoms with Crippen LogP contribution in [0.3, 0.4) is 0 Å². The third-order valence-electron chi connectivity index (χ3n) is 5.75. The Labute approximate surface area is 178 Å². The van der Waals surface area contributed by atoms with E-state index in [9.17, 15) is 13.2 Å². The summed E-state index contributed by atoms with van der Waals surface area (Å²) in [7, 11) is -3.72. The second kappa shape index (κ2) is 8.46. The number of nitrogens with zero attached hydrogens (tertiary/aromatic N) is 1. The van der Waals surface area contributed by atoms with Gasteiger partial charge in [0, 0.05) is 24.7 Å². The number of nitrogens with one attached hydrogen (secondary N) is 1. The predicted molar refractivity (Wildman–Crippen MR) is 115 cm³/mol. The molecule has 1 fully saturated rings. The summed E-state index contributed by atoms with van der Waals surface area (Å²) in [4.78, 5) is 13.2. The SMILES string of the molecule is Cc1ccccc1CNC(=O)C1(C)CCCN(S(=O)(=O)c2cccc(Cl)c2C)C1. The molecule has 5 nitrogen and oxygen atoms in total. The number of carbonyl (C=O) groups excluding carboxylic acids is 1. The third kappa shape index (κ3) is 4.49. The Kier molecular flexibility index (Phi) is 6.36. The van der Waals surface area contributed by atoms with E-state index in [4.69, 9.17) is 11.6 Å². The Bertz CT molecular complexity index is 1020. The van der Waals surface area contributed by atoms with Crippen LogP contribution in [0.5, 0.6) is 0 Å². The molecule has 29 heavy (non-hydrogen) atoms. The number of sulfonamides is 1. The first-order valence-corrected chi connectivity index (χ1v) is 11.5. The number of piperidine rings is 1. The molecule has 1 saturated heterocycles. The lowest BCUT2D eigenvalue weighted by molar-refractivity contribution is -0.132. The van der Waals surface area contributed by atoms with Crippen molar-refractivity contribution >= 4 is 27.5 Å². The Morgan fingerprint density at radius 1 is 1.17 bits per heavy atom. The minimum absolute atomic E-state index is 0.122. The van der Waals surface area contributed by atoms with Crippen LogP contribution in [0, 0.1) is 19.3 Å². The van der Waals surface area contributed by atoms with Crippen molar-refractivity contribution in [2.75, 3.05) is 13.1 Å². The van der Waals surface area contributed by atoms with Gasteiger partial charge in [0.1, 0.15) is 0 Å². The summed E-state index contributed by atoms with van der Waals surface area (Å²) in [6.07, 6.45) is 1.28. The number of hydrogen-bond donors (Lipinski definition) is 1. The summed E-state index contributed by atoms with van der Waals surface area (Å²) in [5.74, 6) is -0.122. The molecule has 156 valence electrons. The van der Waals surface area contributed by atoms with E-state index < -0.39 is 15.4 Å². The van der Waals surface area contributed by atoms with Gasteiger partial charge >= 0.3 is 0 Å². The highest BCUT2D eigenvalue weighted by atomic mass is 35.5. The first kappa shape index (κ1) is 21.8. The summed E-state index contributed by atoms with van der Waals surface area (Å²) >= 11 is 6.13. The van der Waals surface area contributed by atoms with Gasteiger partial charge in [-0.3, -0.25) is 4.79 Å². The molecular weight excluding hydrogens is 408 g/mol. The molecule has 0 spiro atoms. The van der Waals surface area contributed by atoms with Crippen molar-refractivity contribution in [2.45, 2.75) is 45.1 Å². The number of benzene rings is 2. The normalized spacial score (nSPS) is 20.4. The van der Waals surface area contributed by atoms with Gasteiger partial charge in [0.05, 0.1) is 10.3 Å². The lowest BCUT2D eigenvalue weighted by Crippen LogP contribution is -2.51. The molecule has 1 aliphatic rings. The molecule has 1 unspecified atom stereocenters. The third-order valence-corrected chi connectivity index (χ3v) is 8.15. The Hall–Kier alpha value is -1.89. The number of hydrogen-bond acceptors (Lipinski definition) is 3. The minimum atomic E-state index is -3.72. The first-order chi connectivity index (χ1) is 13.6. The summed E-state index contributed by atoms with van der Waals surface area (Å²) in [6.45, 7) is 6.53. The smallest absolute Gasteiger partial charge is 0.243 e. The van der Waals surface area contributed by atoms with E-state index in [2.05, 4.69) is 5.32 Å². The Balaban J connectivity index is 1.77. The van der Waals surface area contributed by atoms with Crippen LogP contribution in [0.4, 0.5) is 0 Å². The van der Waals surface area contributed by atoms with Gasteiger partial charge in [-0.2, -0.15) is 4.31 Å². The molecule has 1 heterocycles. The van der Waals surface area contributed by atoms with Gasteiger partial charge in [0.2, 0.25) is 15.9 Å². The highest BCUT2D eigenvalue weighted by Gasteiger charge is 2.42. The Morgan fingerprint density at radius 2 is 1.90 bits per heavy atom. The molecule has 1 N–H and O–H groups in total. The van der Waals surface area contributed by atoms with Crippen LogP contribution in [0.1, 0.15) is 36.5 Å². The molecule has 0 radical (unpaired) electrons. The molecule has 1 atom stereocenters. The zero-order valence-electron chi connectivity index (χ0n) is 17.0. The topological polar surface area (TPSA) is 66.5 Å². The van der Waals surface area contributed by atoms with Gasteiger partial charge in [0.15, 0.2) is 0 Å². The monoisotopic (exact) mass is 434 g/mol. The number of halogens is 1. The predicted octanol–water partition coefficient (Wildman–Crippen LogP) is 4.06. The average molecular weight is 435 g/mol. The average Bonchev–Trinajstić information content (AvgIpc) is 2.69. The van der Waals surface area contributed by atoms with Crippen LogP contribution in [0.15, 0.2) is 47.4 Å². The molecule has 0 bridgehead atoms. The molecule has 1 aliphatic heterocycles. The second-order valence-corrected chi connectivity index (χ2v) is 10.3. The van der Waals surface area contributed by atoms with Gasteiger partial charge in [-0.25, -0.2) is 8.42 Å². The Morgan fingerprint density at radius 3 is 2.62 bits per heavy atom. The zero-order valence-corrected chi connectivity index (χ0v) is 18.6. The van der Waals surface area contributed by atoms with Gasteiger partial charge in [-0.1, -0.05) is 41.9 Å². The summed E-state index contributed by atoms with van der Waals surface area (Å²) in [6, 6.07) is 12.8. The fraction of sp³-hybridized carbons (Fsp3) is 0.409. The summed E-state index contributed by atoms with van der Waals surface area (Å²) in [5.41, 5.74) is 1.92. The van der Waals surface area contributed by atoms with Gasteiger partial charge < -0.3 is 5.32 Å². The van der Waals surface area contributed by atoms with Gasteiger partial charge in [-0.15, -0.1) is 0 Å². The fourth-order valence-corrected chi connectivity index (χ4v) is 5.87. The van der Waals surface area contributed by atoms with Crippen LogP contribution in [0.2, 0.25) is 5.02 Å². The van der Waals surface area contributed by atoms with E-state index >= 15 is 0 Å². The minimum Gasteiger partial charge on any atom is -0.352 e. The zero-order chi connectivity index (χ0) is 21.2. The van der Waals surface area contributed by atoms with Crippen LogP contribution in [0.25, 0.3) is 0 Å². The first-order valence-electron chi connectivity index (χ1n) is 9.73. The van der Waals surface area contributed by atoms with Crippen LogP contribution in [-0.4, -0.2) is 31.7 Å². The number of rotatable bonds is 5. The lowest BCUT2D eigenvalue weighted by Gasteiger charge is -2.38. The van der Waals surface area contributed by atoms with E-state index in [1.165, 1.54) is 4.31 Å². The van der Waals surface area contributed by atoms with Crippen LogP contribution in [-0.2, 0) is 21.4 Å². The molecule has 3 rings (SSSR count). The van der Waals surface area contributed by atoms with E-state index in [1.54, 1.807) is 25.1 Å². The van der Waals surface area contributed by atoms with E-state index in [1.807, 2.05) is 38.1 Å². The van der Waals surface area contributed by atoms with Crippen molar-refractivity contribution in [2.24, 2.45) is 5.41 Å². The van der Waals surface area contributed by atoms with Crippen molar-refractivity contribution in [3.8, 4) is 0 Å². The maximum atomic E-state index is 13.2. The fourth-order valence-electron chi connectivity index (χ4n) is 3.79. The second-order valence-electron chi connectivity index (χ2n) is 7.97. The molecule has 7 heteroatoms. The number of aryl methyl sites for hydroxylation is 1. The maximum Gasteiger partial charge on any atom is 0.243 e. The highest BCUT2D eigenvalue weighted by molar-refractivity contribution is 7.89. The quantitative estimate of drug-likeness (QED) is 0.771. The van der Waals surface area contributed by atoms with E-state index in [-0.39, 0.29) is 17.3 Å². The van der Waals surface area contributed by atoms with Crippen molar-refractivity contribution in [1.29, 1.82) is 0 Å². The number of carbonyl (C=O) groups is 1. The highest BCUT2D eigenvalue weighted by Crippen LogP contribution is 2.34. The lowest BCUT2D eigenvalue weighted by atomic mass is 9.82. The van der Waals surface area contributed by atoms with E-state index in [0.29, 0.717) is 36.5 Å². The molecule has 0 saturated carbocycles. The largest absolute Gasteiger partial charge is 0.352 e. The van der Waals surface area contributed by atoms with Crippen molar-refractivity contribution in [3.63, 3.8) is 0 Å². The van der Waals surface area contributed by atoms with Crippen molar-refractivity contribution in [3.05, 3.63) is 64.2 Å². The summed E-state index contributed by atoms with van der Waals surface area (Å²) < 4.78 is 27.9. The molecule has 0 aromatic heterocycles. The van der Waals surface area contributed by atoms with Crippen LogP contribution < -0.4 is 5.32 Å². The number of amides is 1. The molecule has 2 aromatic rings. The van der Waals surface area contributed by atoms with Crippen molar-refractivity contribution in [1.82, 2.24) is 9.62 Å². The molecule has 1 amide bonds. The van der Waals surface area contributed by atoms with Gasteiger partial charge in [-0.05, 0) is 62.4 Å². The maximum absolute atomic E-state index is 13.2. The van der Waals surface area contributed by atoms with E-state index in [0.717, 1.165) is 11.1 Å². The molecule has 2 aromatic carbocycles. The van der Waals surface area contributed by atoms with Crippen LogP contribution >= 0.6 is 11.6 Å². The van der Waals surface area contributed by atoms with Crippen molar-refractivity contribution < 1.29 is 13.2 Å². The summed E-state index contributed by atoms with van der Waals surface area (Å²) in [5, 5.41) is 3.42. The van der Waals surface area contributed by atoms with Gasteiger partial charge in [0.25, 0.3) is 0 Å². The standard InChI is InChI=1S/C22H27ClN2O3S/c1-16-8-4-5-9-18(16)14-24-21(26)22(3)12-7-13-25(15-22)29(27,28)20-11-6-10-19(23)17(20)2/h4-6,8-11H,7,12-15H2,1-3H3,(H,24,26). The molecule has 0 aliphatic carbocycles. The molecular formula is C22H27ClN2O3S.